The lowest BCUT2D eigenvalue weighted by atomic mass is 9.78. The molecule has 9 nitrogen and oxygen atoms in total. The van der Waals surface area contributed by atoms with Crippen LogP contribution in [0.3, 0.4) is 0 Å². The molecule has 2 saturated heterocycles. The van der Waals surface area contributed by atoms with E-state index in [1.165, 1.54) is 42.8 Å². The summed E-state index contributed by atoms with van der Waals surface area (Å²) in [6.07, 6.45) is 6.89. The molecule has 272 valence electrons. The summed E-state index contributed by atoms with van der Waals surface area (Å²) in [6.45, 7) is 0.430. The Bertz CT molecular complexity index is 1640. The number of hydrogen-bond acceptors (Lipinski definition) is 6. The minimum Gasteiger partial charge on any atom is -0.480 e. The lowest BCUT2D eigenvalue weighted by molar-refractivity contribution is -0.212. The van der Waals surface area contributed by atoms with E-state index in [2.05, 4.69) is 5.32 Å². The lowest BCUT2D eigenvalue weighted by Gasteiger charge is -2.48. The van der Waals surface area contributed by atoms with Gasteiger partial charge in [-0.2, -0.15) is 0 Å². The van der Waals surface area contributed by atoms with Gasteiger partial charge in [0, 0.05) is 5.69 Å². The number of aryl methyl sites for hydroxylation is 1. The highest BCUT2D eigenvalue weighted by Crippen LogP contribution is 2.46. The fourth-order valence-electron chi connectivity index (χ4n) is 7.61. The normalized spacial score (nSPS) is 21.3. The zero-order chi connectivity index (χ0) is 36.0. The number of carboxylic acids is 1. The fourth-order valence-corrected chi connectivity index (χ4v) is 7.61. The van der Waals surface area contributed by atoms with Gasteiger partial charge in [-0.15, -0.1) is 0 Å². The second-order valence-corrected chi connectivity index (χ2v) is 14.3. The van der Waals surface area contributed by atoms with Crippen molar-refractivity contribution in [3.63, 3.8) is 0 Å². The summed E-state index contributed by atoms with van der Waals surface area (Å²) >= 11 is 0. The molecule has 3 aromatic carbocycles. The van der Waals surface area contributed by atoms with Gasteiger partial charge in [-0.3, -0.25) is 9.59 Å². The van der Waals surface area contributed by atoms with E-state index < -0.39 is 41.4 Å². The Hall–Kier alpha value is -4.19. The van der Waals surface area contributed by atoms with Gasteiger partial charge in [-0.25, -0.2) is 13.6 Å². The van der Waals surface area contributed by atoms with E-state index in [1.54, 1.807) is 17.0 Å². The average molecular weight is 705 g/mol. The molecule has 1 saturated carbocycles. The van der Waals surface area contributed by atoms with Gasteiger partial charge in [0.25, 0.3) is 0 Å². The van der Waals surface area contributed by atoms with Crippen LogP contribution < -0.4 is 10.2 Å². The predicted octanol–water partition coefficient (Wildman–Crippen LogP) is 6.44. The highest BCUT2D eigenvalue weighted by molar-refractivity contribution is 6.03. The fraction of sp³-hybridized carbons (Fsp3) is 0.475. The zero-order valence-corrected chi connectivity index (χ0v) is 28.6. The van der Waals surface area contributed by atoms with Crippen molar-refractivity contribution in [2.75, 3.05) is 24.7 Å². The lowest BCUT2D eigenvalue weighted by Crippen LogP contribution is -2.55. The van der Waals surface area contributed by atoms with Crippen molar-refractivity contribution in [3.8, 4) is 0 Å². The molecule has 0 radical (unpaired) electrons. The Labute approximate surface area is 296 Å². The first-order chi connectivity index (χ1) is 24.6. The molecular formula is C40H46F2N2O7. The largest absolute Gasteiger partial charge is 0.480 e. The van der Waals surface area contributed by atoms with Gasteiger partial charge in [0.15, 0.2) is 0 Å². The highest BCUT2D eigenvalue weighted by Gasteiger charge is 2.48. The standard InChI is InChI=1S/C40H46F2N2O7/c41-30-12-10-28(11-13-30)35(45)19-18-33-37(44(38(33)47)32-16-14-31(42)15-17-32)29-8-6-26(7-9-29)20-21-40(24-50-25-40)51-23-36(46)43-34(39(48)49)22-27-4-2-1-3-5-27/h6-17,27,33-35,37,45H,1-5,18-25H2,(H,43,46)(H,48,49)/t33-,34?,35?,37?/m1/s1. The maximum absolute atomic E-state index is 13.7. The zero-order valence-electron chi connectivity index (χ0n) is 28.6. The molecule has 6 rings (SSSR count). The summed E-state index contributed by atoms with van der Waals surface area (Å²) in [4.78, 5) is 39.7. The van der Waals surface area contributed by atoms with Crippen LogP contribution in [0.5, 0.6) is 0 Å². The number of rotatable bonds is 16. The van der Waals surface area contributed by atoms with Gasteiger partial charge in [-0.1, -0.05) is 68.5 Å². The number of carbonyl (C=O) groups is 3. The van der Waals surface area contributed by atoms with E-state index in [-0.39, 0.29) is 24.4 Å². The van der Waals surface area contributed by atoms with Gasteiger partial charge in [-0.05, 0) is 91.1 Å². The summed E-state index contributed by atoms with van der Waals surface area (Å²) < 4.78 is 38.6. The van der Waals surface area contributed by atoms with Crippen LogP contribution in [0.1, 0.15) is 86.6 Å². The molecule has 2 heterocycles. The average Bonchev–Trinajstić information content (AvgIpc) is 3.11. The van der Waals surface area contributed by atoms with E-state index in [0.717, 1.165) is 36.8 Å². The number of aliphatic hydroxyl groups is 1. The quantitative estimate of drug-likeness (QED) is 0.147. The van der Waals surface area contributed by atoms with Crippen LogP contribution in [0, 0.1) is 23.5 Å². The second-order valence-electron chi connectivity index (χ2n) is 14.3. The Morgan fingerprint density at radius 1 is 0.941 bits per heavy atom. The first kappa shape index (κ1) is 36.6. The Kier molecular flexibility index (Phi) is 11.8. The first-order valence-electron chi connectivity index (χ1n) is 18.0. The van der Waals surface area contributed by atoms with Gasteiger partial charge in [0.1, 0.15) is 29.9 Å². The van der Waals surface area contributed by atoms with Crippen molar-refractivity contribution in [1.29, 1.82) is 0 Å². The highest BCUT2D eigenvalue weighted by atomic mass is 19.1. The van der Waals surface area contributed by atoms with E-state index in [0.29, 0.717) is 62.5 Å². The van der Waals surface area contributed by atoms with Gasteiger partial charge in [0.2, 0.25) is 11.8 Å². The van der Waals surface area contributed by atoms with E-state index in [4.69, 9.17) is 9.47 Å². The van der Waals surface area contributed by atoms with Gasteiger partial charge < -0.3 is 29.9 Å². The minimum absolute atomic E-state index is 0.112. The van der Waals surface area contributed by atoms with Crippen molar-refractivity contribution in [1.82, 2.24) is 5.32 Å². The predicted molar refractivity (Wildman–Crippen MR) is 186 cm³/mol. The molecule has 1 aliphatic carbocycles. The van der Waals surface area contributed by atoms with Gasteiger partial charge in [0.05, 0.1) is 31.3 Å². The molecular weight excluding hydrogens is 658 g/mol. The molecule has 11 heteroatoms. The number of aliphatic hydroxyl groups excluding tert-OH is 1. The third kappa shape index (κ3) is 9.01. The SMILES string of the molecule is O=C(COC1(CCc2ccc(C3[C@@H](CCC(O)c4ccc(F)cc4)C(=O)N3c3ccc(F)cc3)cc2)COC1)NC(CC1CCCCC1)C(=O)O. The van der Waals surface area contributed by atoms with Crippen molar-refractivity contribution < 1.29 is 42.9 Å². The maximum atomic E-state index is 13.7. The Morgan fingerprint density at radius 2 is 1.59 bits per heavy atom. The summed E-state index contributed by atoms with van der Waals surface area (Å²) in [5, 5.41) is 23.1. The smallest absolute Gasteiger partial charge is 0.326 e. The van der Waals surface area contributed by atoms with Crippen molar-refractivity contribution >= 4 is 23.5 Å². The summed E-state index contributed by atoms with van der Waals surface area (Å²) in [7, 11) is 0. The summed E-state index contributed by atoms with van der Waals surface area (Å²) in [5.41, 5.74) is 2.45. The van der Waals surface area contributed by atoms with Crippen LogP contribution in [0.15, 0.2) is 72.8 Å². The Balaban J connectivity index is 1.06. The van der Waals surface area contributed by atoms with Crippen LogP contribution in [-0.2, 0) is 30.3 Å². The number of amides is 2. The first-order valence-corrected chi connectivity index (χ1v) is 18.0. The van der Waals surface area contributed by atoms with E-state index in [1.807, 2.05) is 24.3 Å². The number of carbonyl (C=O) groups excluding carboxylic acids is 2. The molecule has 0 aromatic heterocycles. The van der Waals surface area contributed by atoms with E-state index in [9.17, 15) is 33.4 Å². The van der Waals surface area contributed by atoms with E-state index >= 15 is 0 Å². The molecule has 3 N–H and O–H groups in total. The van der Waals surface area contributed by atoms with Crippen LogP contribution >= 0.6 is 0 Å². The number of aliphatic carboxylic acids is 1. The molecule has 2 aliphatic heterocycles. The molecule has 2 amide bonds. The number of carboxylic acid groups (broad SMARTS) is 1. The van der Waals surface area contributed by atoms with Crippen molar-refractivity contribution in [3.05, 3.63) is 101 Å². The number of nitrogens with zero attached hydrogens (tertiary/aromatic N) is 1. The molecule has 0 spiro atoms. The number of hydrogen-bond donors (Lipinski definition) is 3. The molecule has 0 bridgehead atoms. The van der Waals surface area contributed by atoms with Crippen LogP contribution in [-0.4, -0.2) is 59.5 Å². The number of anilines is 1. The molecule has 4 atom stereocenters. The van der Waals surface area contributed by atoms with Crippen LogP contribution in [0.2, 0.25) is 0 Å². The number of benzene rings is 3. The van der Waals surface area contributed by atoms with Crippen molar-refractivity contribution in [2.45, 2.75) is 88.0 Å². The van der Waals surface area contributed by atoms with Crippen molar-refractivity contribution in [2.24, 2.45) is 11.8 Å². The third-order valence-electron chi connectivity index (χ3n) is 10.7. The van der Waals surface area contributed by atoms with Crippen LogP contribution in [0.25, 0.3) is 0 Å². The summed E-state index contributed by atoms with van der Waals surface area (Å²) in [6, 6.07) is 18.2. The Morgan fingerprint density at radius 3 is 2.20 bits per heavy atom. The number of halogens is 2. The number of ether oxygens (including phenoxy) is 2. The molecule has 51 heavy (non-hydrogen) atoms. The topological polar surface area (TPSA) is 125 Å². The third-order valence-corrected chi connectivity index (χ3v) is 10.7. The molecule has 3 aromatic rings. The van der Waals surface area contributed by atoms with Gasteiger partial charge >= 0.3 is 5.97 Å². The molecule has 3 fully saturated rings. The van der Waals surface area contributed by atoms with Crippen LogP contribution in [0.4, 0.5) is 14.5 Å². The number of β-lactam (4-membered cyclic amide) rings is 1. The molecule has 3 unspecified atom stereocenters. The minimum atomic E-state index is -1.03. The monoisotopic (exact) mass is 704 g/mol. The molecule has 3 aliphatic rings. The summed E-state index contributed by atoms with van der Waals surface area (Å²) in [5.74, 6) is -2.48. The second kappa shape index (κ2) is 16.4. The number of nitrogens with one attached hydrogen (secondary N) is 1. The maximum Gasteiger partial charge on any atom is 0.326 e.